The summed E-state index contributed by atoms with van der Waals surface area (Å²) < 4.78 is 13.7. The molecule has 118 valence electrons. The van der Waals surface area contributed by atoms with Gasteiger partial charge in [-0.1, -0.05) is 56.3 Å². The number of allylic oxidation sites excluding steroid dienone is 2. The first-order valence-electron chi connectivity index (χ1n) is 8.46. The molecule has 23 heavy (non-hydrogen) atoms. The first kappa shape index (κ1) is 14.5. The van der Waals surface area contributed by atoms with Crippen molar-refractivity contribution in [3.63, 3.8) is 0 Å². The van der Waals surface area contributed by atoms with Crippen molar-refractivity contribution in [2.45, 2.75) is 38.1 Å². The molecule has 0 saturated carbocycles. The monoisotopic (exact) mass is 307 g/mol. The molecule has 0 fully saturated rings. The molecule has 4 rings (SSSR count). The lowest BCUT2D eigenvalue weighted by Crippen LogP contribution is -2.30. The highest BCUT2D eigenvalue weighted by Gasteiger charge is 2.38. The third-order valence-electron chi connectivity index (χ3n) is 5.26. The Hall–Kier alpha value is -2.09. The Labute approximate surface area is 137 Å². The summed E-state index contributed by atoms with van der Waals surface area (Å²) in [6, 6.07) is 13.8. The van der Waals surface area contributed by atoms with Crippen LogP contribution in [0.4, 0.5) is 10.1 Å². The Morgan fingerprint density at radius 3 is 2.74 bits per heavy atom. The molecule has 2 aliphatic rings. The summed E-state index contributed by atoms with van der Waals surface area (Å²) in [5.74, 6) is 1.20. The molecule has 1 aliphatic carbocycles. The number of rotatable bonds is 2. The number of anilines is 1. The van der Waals surface area contributed by atoms with E-state index in [1.807, 2.05) is 12.1 Å². The lowest BCUT2D eigenvalue weighted by Gasteiger charge is -2.39. The average molecular weight is 307 g/mol. The van der Waals surface area contributed by atoms with Gasteiger partial charge in [0.15, 0.2) is 0 Å². The van der Waals surface area contributed by atoms with Crippen LogP contribution in [0.2, 0.25) is 0 Å². The minimum absolute atomic E-state index is 0.158. The Bertz CT molecular complexity index is 762. The van der Waals surface area contributed by atoms with Gasteiger partial charge in [-0.25, -0.2) is 4.39 Å². The summed E-state index contributed by atoms with van der Waals surface area (Å²) >= 11 is 0. The van der Waals surface area contributed by atoms with Crippen molar-refractivity contribution < 1.29 is 4.39 Å². The van der Waals surface area contributed by atoms with Gasteiger partial charge in [0, 0.05) is 11.6 Å². The zero-order valence-corrected chi connectivity index (χ0v) is 13.6. The Balaban J connectivity index is 1.83. The Morgan fingerprint density at radius 2 is 1.96 bits per heavy atom. The molecule has 0 saturated heterocycles. The molecular formula is C21H22FN. The Morgan fingerprint density at radius 1 is 1.13 bits per heavy atom. The van der Waals surface area contributed by atoms with E-state index in [-0.39, 0.29) is 11.9 Å². The second-order valence-corrected chi connectivity index (χ2v) is 7.00. The molecule has 0 spiro atoms. The molecule has 2 heteroatoms. The van der Waals surface area contributed by atoms with Gasteiger partial charge in [-0.15, -0.1) is 0 Å². The molecular weight excluding hydrogens is 285 g/mol. The van der Waals surface area contributed by atoms with Crippen LogP contribution in [0.3, 0.4) is 0 Å². The lowest BCUT2D eigenvalue weighted by atomic mass is 9.75. The number of fused-ring (bicyclic) bond motifs is 3. The summed E-state index contributed by atoms with van der Waals surface area (Å²) in [5, 5.41) is 3.76. The first-order chi connectivity index (χ1) is 11.1. The number of nitrogens with one attached hydrogen (secondary N) is 1. The van der Waals surface area contributed by atoms with Gasteiger partial charge < -0.3 is 5.32 Å². The van der Waals surface area contributed by atoms with E-state index in [2.05, 4.69) is 49.5 Å². The van der Waals surface area contributed by atoms with Crippen molar-refractivity contribution >= 4 is 5.69 Å². The smallest absolute Gasteiger partial charge is 0.123 e. The van der Waals surface area contributed by atoms with Gasteiger partial charge in [-0.3, -0.25) is 0 Å². The molecule has 0 unspecified atom stereocenters. The fourth-order valence-corrected chi connectivity index (χ4v) is 4.16. The van der Waals surface area contributed by atoms with Gasteiger partial charge in [0.2, 0.25) is 0 Å². The largest absolute Gasteiger partial charge is 0.377 e. The van der Waals surface area contributed by atoms with E-state index in [0.717, 1.165) is 12.0 Å². The molecule has 1 aliphatic heterocycles. The number of hydrogen-bond donors (Lipinski definition) is 1. The molecule has 0 amide bonds. The maximum atomic E-state index is 13.7. The van der Waals surface area contributed by atoms with Crippen molar-refractivity contribution in [3.05, 3.63) is 77.1 Å². The highest BCUT2D eigenvalue weighted by Crippen LogP contribution is 2.51. The minimum Gasteiger partial charge on any atom is -0.377 e. The molecule has 0 radical (unpaired) electrons. The quantitative estimate of drug-likeness (QED) is 0.694. The van der Waals surface area contributed by atoms with Crippen LogP contribution in [0.25, 0.3) is 0 Å². The molecule has 1 N–H and O–H groups in total. The molecule has 3 atom stereocenters. The maximum absolute atomic E-state index is 13.7. The minimum atomic E-state index is -0.158. The van der Waals surface area contributed by atoms with Gasteiger partial charge >= 0.3 is 0 Å². The lowest BCUT2D eigenvalue weighted by molar-refractivity contribution is 0.423. The standard InChI is InChI=1S/C21H22FN/c1-13(2)16-8-4-11-19-17-9-5-10-18(17)20(23-21(16)19)14-6-3-7-15(22)12-14/h3-9,11-13,17-18,20,23H,10H2,1-2H3/t17-,18-,20+/m0/s1. The molecule has 1 nitrogen and oxygen atoms in total. The molecule has 0 bridgehead atoms. The highest BCUT2D eigenvalue weighted by molar-refractivity contribution is 5.65. The van der Waals surface area contributed by atoms with Gasteiger partial charge in [0.05, 0.1) is 6.04 Å². The summed E-state index contributed by atoms with van der Waals surface area (Å²) in [7, 11) is 0. The van der Waals surface area contributed by atoms with E-state index >= 15 is 0 Å². The number of halogens is 1. The second kappa shape index (κ2) is 5.52. The molecule has 1 heterocycles. The van der Waals surface area contributed by atoms with Crippen molar-refractivity contribution in [2.75, 3.05) is 5.32 Å². The SMILES string of the molecule is CC(C)c1cccc2c1N[C@H](c1cccc(F)c1)[C@H]1CC=C[C@H]21. The predicted molar refractivity (Wildman–Crippen MR) is 93.3 cm³/mol. The van der Waals surface area contributed by atoms with Crippen LogP contribution in [0.15, 0.2) is 54.6 Å². The second-order valence-electron chi connectivity index (χ2n) is 7.00. The normalized spacial score (nSPS) is 25.1. The van der Waals surface area contributed by atoms with E-state index in [0.29, 0.717) is 17.8 Å². The van der Waals surface area contributed by atoms with Gasteiger partial charge in [0.1, 0.15) is 5.82 Å². The van der Waals surface area contributed by atoms with Crippen LogP contribution in [-0.2, 0) is 0 Å². The number of benzene rings is 2. The maximum Gasteiger partial charge on any atom is 0.123 e. The van der Waals surface area contributed by atoms with Crippen molar-refractivity contribution in [3.8, 4) is 0 Å². The topological polar surface area (TPSA) is 12.0 Å². The van der Waals surface area contributed by atoms with E-state index < -0.39 is 0 Å². The number of hydrogen-bond acceptors (Lipinski definition) is 1. The zero-order valence-electron chi connectivity index (χ0n) is 13.6. The fraction of sp³-hybridized carbons (Fsp3) is 0.333. The van der Waals surface area contributed by atoms with E-state index in [1.165, 1.54) is 22.9 Å². The van der Waals surface area contributed by atoms with Crippen molar-refractivity contribution in [1.29, 1.82) is 0 Å². The molecule has 2 aromatic rings. The zero-order chi connectivity index (χ0) is 16.0. The summed E-state index contributed by atoms with van der Waals surface area (Å²) in [5.41, 5.74) is 5.04. The van der Waals surface area contributed by atoms with Crippen molar-refractivity contribution in [2.24, 2.45) is 5.92 Å². The molecule has 2 aromatic carbocycles. The van der Waals surface area contributed by atoms with E-state index in [9.17, 15) is 4.39 Å². The Kier molecular flexibility index (Phi) is 3.48. The third-order valence-corrected chi connectivity index (χ3v) is 5.26. The fourth-order valence-electron chi connectivity index (χ4n) is 4.16. The highest BCUT2D eigenvalue weighted by atomic mass is 19.1. The van der Waals surface area contributed by atoms with Crippen LogP contribution in [0, 0.1) is 11.7 Å². The van der Waals surface area contributed by atoms with E-state index in [4.69, 9.17) is 0 Å². The van der Waals surface area contributed by atoms with Crippen LogP contribution in [-0.4, -0.2) is 0 Å². The molecule has 0 aromatic heterocycles. The van der Waals surface area contributed by atoms with Gasteiger partial charge in [-0.2, -0.15) is 0 Å². The van der Waals surface area contributed by atoms with Crippen LogP contribution in [0.5, 0.6) is 0 Å². The van der Waals surface area contributed by atoms with Gasteiger partial charge in [-0.05, 0) is 47.1 Å². The average Bonchev–Trinajstić information content (AvgIpc) is 3.03. The van der Waals surface area contributed by atoms with E-state index in [1.54, 1.807) is 6.07 Å². The predicted octanol–water partition coefficient (Wildman–Crippen LogP) is 5.78. The number of para-hydroxylation sites is 1. The first-order valence-corrected chi connectivity index (χ1v) is 8.46. The summed E-state index contributed by atoms with van der Waals surface area (Å²) in [6.45, 7) is 4.45. The van der Waals surface area contributed by atoms with Crippen molar-refractivity contribution in [1.82, 2.24) is 0 Å². The van der Waals surface area contributed by atoms with Gasteiger partial charge in [0.25, 0.3) is 0 Å². The van der Waals surface area contributed by atoms with Crippen LogP contribution >= 0.6 is 0 Å². The van der Waals surface area contributed by atoms with Crippen LogP contribution < -0.4 is 5.32 Å². The summed E-state index contributed by atoms with van der Waals surface area (Å²) in [4.78, 5) is 0. The third kappa shape index (κ3) is 2.37. The summed E-state index contributed by atoms with van der Waals surface area (Å²) in [6.07, 6.45) is 5.66. The van der Waals surface area contributed by atoms with Crippen LogP contribution in [0.1, 0.15) is 54.8 Å².